The number of urea groups is 1. The Balaban J connectivity index is 1.91. The number of hydrogen-bond donors (Lipinski definition) is 2. The highest BCUT2D eigenvalue weighted by Gasteiger charge is 2.21. The molecule has 0 heterocycles. The zero-order valence-corrected chi connectivity index (χ0v) is 15.1. The van der Waals surface area contributed by atoms with Gasteiger partial charge in [0.2, 0.25) is 0 Å². The van der Waals surface area contributed by atoms with E-state index in [1.807, 2.05) is 0 Å². The van der Waals surface area contributed by atoms with Crippen LogP contribution >= 0.6 is 0 Å². The summed E-state index contributed by atoms with van der Waals surface area (Å²) in [6.07, 6.45) is 5.57. The standard InChI is InChI=1S/C17H25N3O4S/c1-13(21)18-12-11-14-7-9-16(10-8-14)25(23,24)20-17(22)19-15-5-3-2-4-6-15/h7-10,15H,2-6,11-12H2,1H3,(H,18,21)(H2,19,20,22)/p-1. The first-order valence-electron chi connectivity index (χ1n) is 8.47. The topological polar surface area (TPSA) is 111 Å². The number of benzene rings is 1. The SMILES string of the molecule is CC([O-])=NCCc1ccc(S(=O)(=O)NC(=O)NC2CCCCC2)cc1. The van der Waals surface area contributed by atoms with E-state index >= 15 is 0 Å². The molecular weight excluding hydrogens is 342 g/mol. The summed E-state index contributed by atoms with van der Waals surface area (Å²) in [6, 6.07) is 5.55. The summed E-state index contributed by atoms with van der Waals surface area (Å²) in [5.41, 5.74) is 0.871. The van der Waals surface area contributed by atoms with E-state index in [1.54, 1.807) is 12.1 Å². The Hall–Kier alpha value is -2.09. The number of sulfonamides is 1. The van der Waals surface area contributed by atoms with Crippen molar-refractivity contribution in [3.05, 3.63) is 29.8 Å². The molecule has 0 spiro atoms. The number of amides is 2. The number of carbonyl (C=O) groups excluding carboxylic acids is 1. The van der Waals surface area contributed by atoms with E-state index in [2.05, 4.69) is 15.0 Å². The molecule has 8 heteroatoms. The first-order valence-corrected chi connectivity index (χ1v) is 9.95. The van der Waals surface area contributed by atoms with E-state index in [1.165, 1.54) is 19.1 Å². The molecule has 1 aromatic rings. The Morgan fingerprint density at radius 1 is 1.20 bits per heavy atom. The van der Waals surface area contributed by atoms with Crippen LogP contribution < -0.4 is 15.1 Å². The molecule has 1 saturated carbocycles. The van der Waals surface area contributed by atoms with Gasteiger partial charge in [-0.25, -0.2) is 17.9 Å². The molecule has 0 atom stereocenters. The number of aliphatic imine (C=N–C) groups is 1. The van der Waals surface area contributed by atoms with Gasteiger partial charge in [0, 0.05) is 12.6 Å². The van der Waals surface area contributed by atoms with Gasteiger partial charge in [0.1, 0.15) is 0 Å². The number of hydrogen-bond acceptors (Lipinski definition) is 5. The lowest BCUT2D eigenvalue weighted by Gasteiger charge is -2.22. The molecule has 25 heavy (non-hydrogen) atoms. The Bertz CT molecular complexity index is 704. The Morgan fingerprint density at radius 2 is 1.84 bits per heavy atom. The van der Waals surface area contributed by atoms with Gasteiger partial charge in [-0.05, 0) is 49.8 Å². The second-order valence-electron chi connectivity index (χ2n) is 6.21. The molecule has 1 fully saturated rings. The van der Waals surface area contributed by atoms with Gasteiger partial charge in [0.05, 0.1) is 4.90 Å². The summed E-state index contributed by atoms with van der Waals surface area (Å²) in [7, 11) is -3.90. The maximum Gasteiger partial charge on any atom is 0.328 e. The van der Waals surface area contributed by atoms with Crippen LogP contribution in [0.25, 0.3) is 0 Å². The zero-order valence-electron chi connectivity index (χ0n) is 14.3. The largest absolute Gasteiger partial charge is 0.862 e. The highest BCUT2D eigenvalue weighted by Crippen LogP contribution is 2.17. The maximum absolute atomic E-state index is 12.3. The van der Waals surface area contributed by atoms with E-state index in [0.29, 0.717) is 13.0 Å². The van der Waals surface area contributed by atoms with Crippen LogP contribution in [0.5, 0.6) is 0 Å². The second kappa shape index (κ2) is 8.84. The lowest BCUT2D eigenvalue weighted by atomic mass is 9.96. The van der Waals surface area contributed by atoms with Crippen LogP contribution in [0.3, 0.4) is 0 Å². The third-order valence-electron chi connectivity index (χ3n) is 4.14. The van der Waals surface area contributed by atoms with Crippen LogP contribution in [0, 0.1) is 0 Å². The fraction of sp³-hybridized carbons (Fsp3) is 0.529. The van der Waals surface area contributed by atoms with Gasteiger partial charge < -0.3 is 15.4 Å². The van der Waals surface area contributed by atoms with E-state index in [4.69, 9.17) is 0 Å². The summed E-state index contributed by atoms with van der Waals surface area (Å²) in [4.78, 5) is 15.7. The molecule has 7 nitrogen and oxygen atoms in total. The summed E-state index contributed by atoms with van der Waals surface area (Å²) in [5.74, 6) is -0.229. The second-order valence-corrected chi connectivity index (χ2v) is 7.89. The minimum absolute atomic E-state index is 0.0264. The Morgan fingerprint density at radius 3 is 2.44 bits per heavy atom. The van der Waals surface area contributed by atoms with Crippen LogP contribution in [-0.4, -0.2) is 32.9 Å². The van der Waals surface area contributed by atoms with E-state index in [-0.39, 0.29) is 16.8 Å². The molecule has 2 amide bonds. The average molecular weight is 366 g/mol. The average Bonchev–Trinajstić information content (AvgIpc) is 2.55. The quantitative estimate of drug-likeness (QED) is 0.584. The molecular formula is C17H24N3O4S-. The molecule has 0 radical (unpaired) electrons. The molecule has 0 aliphatic heterocycles. The van der Waals surface area contributed by atoms with E-state index in [9.17, 15) is 18.3 Å². The summed E-state index contributed by atoms with van der Waals surface area (Å²) in [6.45, 7) is 1.75. The fourth-order valence-electron chi connectivity index (χ4n) is 2.82. The molecule has 0 saturated heterocycles. The number of nitrogens with one attached hydrogen (secondary N) is 2. The highest BCUT2D eigenvalue weighted by atomic mass is 32.2. The molecule has 0 aromatic heterocycles. The normalized spacial score (nSPS) is 16.4. The van der Waals surface area contributed by atoms with Gasteiger partial charge in [-0.3, -0.25) is 0 Å². The van der Waals surface area contributed by atoms with Crippen molar-refractivity contribution < 1.29 is 18.3 Å². The van der Waals surface area contributed by atoms with Crippen molar-refractivity contribution in [2.75, 3.05) is 6.54 Å². The summed E-state index contributed by atoms with van der Waals surface area (Å²) < 4.78 is 26.6. The fourth-order valence-corrected chi connectivity index (χ4v) is 3.74. The van der Waals surface area contributed by atoms with Gasteiger partial charge in [0.15, 0.2) is 0 Å². The predicted octanol–water partition coefficient (Wildman–Crippen LogP) is 1.33. The first-order chi connectivity index (χ1) is 11.9. The highest BCUT2D eigenvalue weighted by molar-refractivity contribution is 7.90. The van der Waals surface area contributed by atoms with Crippen molar-refractivity contribution in [3.63, 3.8) is 0 Å². The first kappa shape index (κ1) is 19.2. The van der Waals surface area contributed by atoms with Crippen molar-refractivity contribution in [2.24, 2.45) is 4.99 Å². The molecule has 1 aromatic carbocycles. The maximum atomic E-state index is 12.3. The molecule has 1 aliphatic rings. The summed E-state index contributed by atoms with van der Waals surface area (Å²) >= 11 is 0. The van der Waals surface area contributed by atoms with Gasteiger partial charge in [0.25, 0.3) is 10.0 Å². The molecule has 0 unspecified atom stereocenters. The van der Waals surface area contributed by atoms with Crippen LogP contribution in [0.4, 0.5) is 4.79 Å². The summed E-state index contributed by atoms with van der Waals surface area (Å²) in [5, 5.41) is 13.5. The molecule has 2 rings (SSSR count). The monoisotopic (exact) mass is 366 g/mol. The van der Waals surface area contributed by atoms with Gasteiger partial charge in [-0.2, -0.15) is 0 Å². The van der Waals surface area contributed by atoms with Crippen LogP contribution in [0.15, 0.2) is 34.2 Å². The molecule has 0 bridgehead atoms. The van der Waals surface area contributed by atoms with E-state index < -0.39 is 16.1 Å². The Labute approximate surface area is 148 Å². The van der Waals surface area contributed by atoms with Gasteiger partial charge in [-0.1, -0.05) is 31.4 Å². The van der Waals surface area contributed by atoms with Gasteiger partial charge in [-0.15, -0.1) is 0 Å². The van der Waals surface area contributed by atoms with Crippen molar-refractivity contribution in [2.45, 2.75) is 56.4 Å². The predicted molar refractivity (Wildman–Crippen MR) is 93.8 cm³/mol. The van der Waals surface area contributed by atoms with Crippen molar-refractivity contribution in [1.82, 2.24) is 10.0 Å². The number of nitrogens with zero attached hydrogens (tertiary/aromatic N) is 1. The number of carbonyl (C=O) groups is 1. The number of rotatable bonds is 6. The van der Waals surface area contributed by atoms with Crippen molar-refractivity contribution in [1.29, 1.82) is 0 Å². The minimum atomic E-state index is -3.90. The zero-order chi connectivity index (χ0) is 18.3. The molecule has 138 valence electrons. The lowest BCUT2D eigenvalue weighted by Crippen LogP contribution is -2.45. The van der Waals surface area contributed by atoms with Gasteiger partial charge >= 0.3 is 6.03 Å². The third-order valence-corrected chi connectivity index (χ3v) is 5.48. The Kier molecular flexibility index (Phi) is 6.81. The minimum Gasteiger partial charge on any atom is -0.862 e. The third kappa shape index (κ3) is 6.38. The lowest BCUT2D eigenvalue weighted by molar-refractivity contribution is -0.216. The molecule has 1 aliphatic carbocycles. The van der Waals surface area contributed by atoms with E-state index in [0.717, 1.165) is 37.7 Å². The smallest absolute Gasteiger partial charge is 0.328 e. The molecule has 2 N–H and O–H groups in total. The van der Waals surface area contributed by atoms with Crippen molar-refractivity contribution >= 4 is 22.0 Å². The van der Waals surface area contributed by atoms with Crippen LogP contribution in [0.2, 0.25) is 0 Å². The van der Waals surface area contributed by atoms with Crippen LogP contribution in [0.1, 0.15) is 44.6 Å². The van der Waals surface area contributed by atoms with Crippen LogP contribution in [-0.2, 0) is 16.4 Å². The van der Waals surface area contributed by atoms with Crippen molar-refractivity contribution in [3.8, 4) is 0 Å².